The molecule has 1 aromatic carbocycles. The van der Waals surface area contributed by atoms with Gasteiger partial charge in [-0.05, 0) is 37.1 Å². The average Bonchev–Trinajstić information content (AvgIpc) is 2.65. The third-order valence-electron chi connectivity index (χ3n) is 5.11. The van der Waals surface area contributed by atoms with Gasteiger partial charge in [0.05, 0.1) is 6.04 Å². The van der Waals surface area contributed by atoms with E-state index in [1.165, 1.54) is 13.1 Å². The average molecular weight is 414 g/mol. The molecule has 0 aromatic heterocycles. The third-order valence-corrected chi connectivity index (χ3v) is 5.67. The normalized spacial score (nSPS) is 19.0. The predicted molar refractivity (Wildman–Crippen MR) is 117 cm³/mol. The van der Waals surface area contributed by atoms with E-state index >= 15 is 0 Å². The van der Waals surface area contributed by atoms with Crippen LogP contribution in [-0.2, 0) is 0 Å². The molecule has 27 heavy (non-hydrogen) atoms. The SMILES string of the molecule is CCN1CCN(CC(C)CNC(=NC)NC(C)c2ccc(Cl)cc2Cl)CC1. The molecule has 5 nitrogen and oxygen atoms in total. The van der Waals surface area contributed by atoms with Crippen molar-refractivity contribution < 1.29 is 0 Å². The van der Waals surface area contributed by atoms with Gasteiger partial charge in [0.15, 0.2) is 5.96 Å². The van der Waals surface area contributed by atoms with Gasteiger partial charge in [-0.2, -0.15) is 0 Å². The summed E-state index contributed by atoms with van der Waals surface area (Å²) in [6, 6.07) is 5.62. The van der Waals surface area contributed by atoms with Gasteiger partial charge in [0.25, 0.3) is 0 Å². The molecule has 0 amide bonds. The zero-order valence-electron chi connectivity index (χ0n) is 16.9. The molecule has 2 atom stereocenters. The maximum Gasteiger partial charge on any atom is 0.191 e. The predicted octanol–water partition coefficient (Wildman–Crippen LogP) is 3.49. The number of halogens is 2. The molecular formula is C20H33Cl2N5. The summed E-state index contributed by atoms with van der Waals surface area (Å²) in [4.78, 5) is 9.41. The van der Waals surface area contributed by atoms with Gasteiger partial charge in [-0.15, -0.1) is 0 Å². The van der Waals surface area contributed by atoms with Crippen molar-refractivity contribution in [3.63, 3.8) is 0 Å². The number of likely N-dealkylation sites (N-methyl/N-ethyl adjacent to an activating group) is 1. The lowest BCUT2D eigenvalue weighted by Gasteiger charge is -2.35. The van der Waals surface area contributed by atoms with Gasteiger partial charge in [0.2, 0.25) is 0 Å². The fourth-order valence-electron chi connectivity index (χ4n) is 3.39. The van der Waals surface area contributed by atoms with Crippen molar-refractivity contribution in [1.82, 2.24) is 20.4 Å². The van der Waals surface area contributed by atoms with Crippen LogP contribution in [0.5, 0.6) is 0 Å². The monoisotopic (exact) mass is 413 g/mol. The zero-order valence-corrected chi connectivity index (χ0v) is 18.4. The van der Waals surface area contributed by atoms with Gasteiger partial charge >= 0.3 is 0 Å². The number of rotatable bonds is 7. The first-order valence-corrected chi connectivity index (χ1v) is 10.5. The summed E-state index contributed by atoms with van der Waals surface area (Å²) >= 11 is 12.3. The van der Waals surface area contributed by atoms with E-state index in [0.717, 1.165) is 44.2 Å². The summed E-state index contributed by atoms with van der Waals surface area (Å²) in [6.45, 7) is 14.4. The van der Waals surface area contributed by atoms with Crippen molar-refractivity contribution in [3.05, 3.63) is 33.8 Å². The second-order valence-corrected chi connectivity index (χ2v) is 8.17. The molecule has 1 aliphatic rings. The van der Waals surface area contributed by atoms with Crippen molar-refractivity contribution in [2.24, 2.45) is 10.9 Å². The Labute approximate surface area is 174 Å². The first-order chi connectivity index (χ1) is 12.9. The minimum atomic E-state index is 0.0402. The number of hydrogen-bond donors (Lipinski definition) is 2. The molecular weight excluding hydrogens is 381 g/mol. The van der Waals surface area contributed by atoms with Crippen LogP contribution in [0.2, 0.25) is 10.0 Å². The number of benzene rings is 1. The summed E-state index contributed by atoms with van der Waals surface area (Å²) in [7, 11) is 1.79. The molecule has 7 heteroatoms. The maximum atomic E-state index is 6.31. The Morgan fingerprint density at radius 3 is 2.41 bits per heavy atom. The lowest BCUT2D eigenvalue weighted by molar-refractivity contribution is 0.124. The van der Waals surface area contributed by atoms with Gasteiger partial charge in [-0.25, -0.2) is 0 Å². The highest BCUT2D eigenvalue weighted by Crippen LogP contribution is 2.25. The van der Waals surface area contributed by atoms with Crippen LogP contribution >= 0.6 is 23.2 Å². The zero-order chi connectivity index (χ0) is 19.8. The van der Waals surface area contributed by atoms with Gasteiger partial charge in [-0.3, -0.25) is 4.99 Å². The first kappa shape index (κ1) is 22.3. The van der Waals surface area contributed by atoms with Crippen LogP contribution in [0.3, 0.4) is 0 Å². The Morgan fingerprint density at radius 1 is 1.15 bits per heavy atom. The highest BCUT2D eigenvalue weighted by atomic mass is 35.5. The van der Waals surface area contributed by atoms with Gasteiger partial charge in [-0.1, -0.05) is 43.1 Å². The number of hydrogen-bond acceptors (Lipinski definition) is 3. The van der Waals surface area contributed by atoms with E-state index in [0.29, 0.717) is 16.0 Å². The fourth-order valence-corrected chi connectivity index (χ4v) is 3.97. The first-order valence-electron chi connectivity index (χ1n) is 9.79. The van der Waals surface area contributed by atoms with Crippen LogP contribution in [0.25, 0.3) is 0 Å². The van der Waals surface area contributed by atoms with E-state index in [2.05, 4.69) is 46.2 Å². The number of guanidine groups is 1. The molecule has 2 unspecified atom stereocenters. The van der Waals surface area contributed by atoms with Crippen molar-refractivity contribution in [3.8, 4) is 0 Å². The molecule has 152 valence electrons. The molecule has 1 fully saturated rings. The number of nitrogens with one attached hydrogen (secondary N) is 2. The molecule has 1 aliphatic heterocycles. The summed E-state index contributed by atoms with van der Waals surface area (Å²) in [6.07, 6.45) is 0. The highest BCUT2D eigenvalue weighted by molar-refractivity contribution is 6.35. The summed E-state index contributed by atoms with van der Waals surface area (Å²) in [5, 5.41) is 8.16. The molecule has 1 saturated heterocycles. The number of piperazine rings is 1. The van der Waals surface area contributed by atoms with E-state index in [1.807, 2.05) is 12.1 Å². The van der Waals surface area contributed by atoms with Crippen molar-refractivity contribution in [2.45, 2.75) is 26.8 Å². The van der Waals surface area contributed by atoms with E-state index in [9.17, 15) is 0 Å². The molecule has 1 aromatic rings. The van der Waals surface area contributed by atoms with Crippen LogP contribution in [0.15, 0.2) is 23.2 Å². The third kappa shape index (κ3) is 7.15. The van der Waals surface area contributed by atoms with Gasteiger partial charge in [0, 0.05) is 56.4 Å². The Hall–Kier alpha value is -1.01. The smallest absolute Gasteiger partial charge is 0.191 e. The molecule has 2 N–H and O–H groups in total. The van der Waals surface area contributed by atoms with Crippen molar-refractivity contribution in [1.29, 1.82) is 0 Å². The van der Waals surface area contributed by atoms with Crippen LogP contribution in [0.1, 0.15) is 32.4 Å². The quantitative estimate of drug-likeness (QED) is 0.530. The van der Waals surface area contributed by atoms with E-state index in [-0.39, 0.29) is 6.04 Å². The van der Waals surface area contributed by atoms with Gasteiger partial charge < -0.3 is 20.4 Å². The fraction of sp³-hybridized carbons (Fsp3) is 0.650. The molecule has 0 aliphatic carbocycles. The molecule has 0 spiro atoms. The highest BCUT2D eigenvalue weighted by Gasteiger charge is 2.18. The molecule has 1 heterocycles. The summed E-state index contributed by atoms with van der Waals surface area (Å²) < 4.78 is 0. The van der Waals surface area contributed by atoms with Crippen molar-refractivity contribution >= 4 is 29.2 Å². The lowest BCUT2D eigenvalue weighted by Crippen LogP contribution is -2.48. The van der Waals surface area contributed by atoms with E-state index in [1.54, 1.807) is 13.1 Å². The Morgan fingerprint density at radius 2 is 1.81 bits per heavy atom. The van der Waals surface area contributed by atoms with Crippen LogP contribution in [0.4, 0.5) is 0 Å². The number of aliphatic imine (C=N–C) groups is 1. The summed E-state index contributed by atoms with van der Waals surface area (Å²) in [5.74, 6) is 1.34. The Bertz CT molecular complexity index is 614. The second kappa shape index (κ2) is 11.1. The van der Waals surface area contributed by atoms with E-state index < -0.39 is 0 Å². The van der Waals surface area contributed by atoms with Crippen LogP contribution in [-0.4, -0.2) is 68.6 Å². The molecule has 0 radical (unpaired) electrons. The minimum absolute atomic E-state index is 0.0402. The van der Waals surface area contributed by atoms with Gasteiger partial charge in [0.1, 0.15) is 0 Å². The largest absolute Gasteiger partial charge is 0.356 e. The molecule has 0 saturated carbocycles. The maximum absolute atomic E-state index is 6.31. The van der Waals surface area contributed by atoms with Crippen LogP contribution < -0.4 is 10.6 Å². The Balaban J connectivity index is 1.77. The standard InChI is InChI=1S/C20H33Cl2N5/c1-5-26-8-10-27(11-9-26)14-15(2)13-24-20(23-4)25-16(3)18-7-6-17(21)12-19(18)22/h6-7,12,15-16H,5,8-11,13-14H2,1-4H3,(H2,23,24,25). The van der Waals surface area contributed by atoms with Crippen molar-refractivity contribution in [2.75, 3.05) is 52.9 Å². The lowest BCUT2D eigenvalue weighted by atomic mass is 10.1. The van der Waals surface area contributed by atoms with Crippen LogP contribution in [0, 0.1) is 5.92 Å². The molecule has 2 rings (SSSR count). The molecule has 0 bridgehead atoms. The number of nitrogens with zero attached hydrogens (tertiary/aromatic N) is 3. The summed E-state index contributed by atoms with van der Waals surface area (Å²) in [5.41, 5.74) is 1.01. The Kier molecular flexibility index (Phi) is 9.16. The topological polar surface area (TPSA) is 42.9 Å². The second-order valence-electron chi connectivity index (χ2n) is 7.33. The minimum Gasteiger partial charge on any atom is -0.356 e. The van der Waals surface area contributed by atoms with E-state index in [4.69, 9.17) is 23.2 Å².